The van der Waals surface area contributed by atoms with Gasteiger partial charge in [0.2, 0.25) is 5.88 Å². The zero-order chi connectivity index (χ0) is 21.7. The molecule has 0 unspecified atom stereocenters. The highest BCUT2D eigenvalue weighted by atomic mass is 16.5. The summed E-state index contributed by atoms with van der Waals surface area (Å²) in [4.78, 5) is 13.5. The largest absolute Gasteiger partial charge is 0.508 e. The van der Waals surface area contributed by atoms with Crippen LogP contribution >= 0.6 is 0 Å². The van der Waals surface area contributed by atoms with Crippen LogP contribution in [0.4, 0.5) is 5.88 Å². The summed E-state index contributed by atoms with van der Waals surface area (Å²) < 4.78 is 5.60. The van der Waals surface area contributed by atoms with Gasteiger partial charge in [0.1, 0.15) is 5.75 Å². The number of nitrogens with zero attached hydrogens (tertiary/aromatic N) is 1. The van der Waals surface area contributed by atoms with Gasteiger partial charge < -0.3 is 14.9 Å². The quantitative estimate of drug-likeness (QED) is 0.569. The molecule has 1 aromatic heterocycles. The molecule has 2 aromatic carbocycles. The number of aryl methyl sites for hydroxylation is 1. The molecule has 2 aliphatic rings. The summed E-state index contributed by atoms with van der Waals surface area (Å²) in [6, 6.07) is 15.7. The Hall–Kier alpha value is -3.34. The number of aromatic hydroxyl groups is 1. The second-order valence-electron chi connectivity index (χ2n) is 8.90. The topological polar surface area (TPSA) is 75.4 Å². The summed E-state index contributed by atoms with van der Waals surface area (Å²) in [5.74, 6) is 1.35. The molecule has 0 fully saturated rings. The first kappa shape index (κ1) is 19.6. The lowest BCUT2D eigenvalue weighted by atomic mass is 9.72. The maximum Gasteiger partial charge on any atom is 0.233 e. The predicted molar refractivity (Wildman–Crippen MR) is 119 cm³/mol. The molecular formula is C26H26N2O3. The number of Topliss-reactive ketones (excluding diaryl/α,β-unsaturated/α-hetero) is 1. The number of allylic oxidation sites excluding steroid dienone is 2. The molecule has 0 amide bonds. The van der Waals surface area contributed by atoms with Crippen LogP contribution in [0.5, 0.6) is 5.75 Å². The van der Waals surface area contributed by atoms with Gasteiger partial charge in [0, 0.05) is 23.6 Å². The van der Waals surface area contributed by atoms with E-state index < -0.39 is 0 Å². The Morgan fingerprint density at radius 3 is 2.39 bits per heavy atom. The molecule has 2 N–H and O–H groups in total. The number of carbonyl (C=O) groups is 1. The molecule has 2 heterocycles. The van der Waals surface area contributed by atoms with Crippen molar-refractivity contribution in [3.05, 3.63) is 87.7 Å². The predicted octanol–water partition coefficient (Wildman–Crippen LogP) is 5.77. The van der Waals surface area contributed by atoms with E-state index in [4.69, 9.17) is 4.52 Å². The number of phenolic OH excluding ortho intramolecular Hbond substituents is 1. The molecule has 2 atom stereocenters. The Labute approximate surface area is 181 Å². The molecule has 5 rings (SSSR count). The van der Waals surface area contributed by atoms with Gasteiger partial charge in [-0.1, -0.05) is 55.4 Å². The van der Waals surface area contributed by atoms with Crippen molar-refractivity contribution in [2.24, 2.45) is 0 Å². The molecule has 0 saturated heterocycles. The number of anilines is 1. The fourth-order valence-corrected chi connectivity index (χ4v) is 4.86. The van der Waals surface area contributed by atoms with Gasteiger partial charge in [-0.2, -0.15) is 0 Å². The number of hydrogen-bond donors (Lipinski definition) is 2. The zero-order valence-electron chi connectivity index (χ0n) is 18.0. The zero-order valence-corrected chi connectivity index (χ0v) is 18.0. The average molecular weight is 415 g/mol. The number of nitrogens with one attached hydrogen (secondary N) is 1. The van der Waals surface area contributed by atoms with E-state index in [-0.39, 0.29) is 23.4 Å². The number of fused-ring (bicyclic) bond motifs is 1. The van der Waals surface area contributed by atoms with Gasteiger partial charge in [-0.05, 0) is 54.0 Å². The number of benzene rings is 2. The van der Waals surface area contributed by atoms with Gasteiger partial charge in [0.05, 0.1) is 11.3 Å². The first-order chi connectivity index (χ1) is 14.9. The SMILES string of the molecule is Cc1noc2c1[C@@H](c1ccc(C(C)C)cc1)C1=C(C[C@H](c3ccc(O)cc3)CC1=O)N2. The molecule has 1 aliphatic carbocycles. The van der Waals surface area contributed by atoms with Gasteiger partial charge in [-0.15, -0.1) is 0 Å². The molecule has 0 saturated carbocycles. The van der Waals surface area contributed by atoms with E-state index in [1.165, 1.54) is 5.56 Å². The highest BCUT2D eigenvalue weighted by molar-refractivity contribution is 6.01. The van der Waals surface area contributed by atoms with Crippen LogP contribution in [0.15, 0.2) is 64.3 Å². The van der Waals surface area contributed by atoms with Crippen LogP contribution in [0.1, 0.15) is 72.4 Å². The Morgan fingerprint density at radius 2 is 1.71 bits per heavy atom. The lowest BCUT2D eigenvalue weighted by Crippen LogP contribution is -2.29. The molecule has 0 radical (unpaired) electrons. The molecule has 5 nitrogen and oxygen atoms in total. The molecule has 158 valence electrons. The highest BCUT2D eigenvalue weighted by Crippen LogP contribution is 2.49. The van der Waals surface area contributed by atoms with Crippen molar-refractivity contribution in [3.63, 3.8) is 0 Å². The maximum atomic E-state index is 13.5. The minimum Gasteiger partial charge on any atom is -0.508 e. The molecular weight excluding hydrogens is 388 g/mol. The van der Waals surface area contributed by atoms with E-state index in [0.717, 1.165) is 33.7 Å². The number of ketones is 1. The Balaban J connectivity index is 1.58. The number of rotatable bonds is 3. The van der Waals surface area contributed by atoms with Gasteiger partial charge in [0.15, 0.2) is 5.78 Å². The van der Waals surface area contributed by atoms with E-state index in [1.54, 1.807) is 12.1 Å². The van der Waals surface area contributed by atoms with Crippen molar-refractivity contribution < 1.29 is 14.4 Å². The molecule has 0 bridgehead atoms. The lowest BCUT2D eigenvalue weighted by Gasteiger charge is -2.34. The fraction of sp³-hybridized carbons (Fsp3) is 0.308. The van der Waals surface area contributed by atoms with Crippen LogP contribution in [-0.2, 0) is 4.79 Å². The van der Waals surface area contributed by atoms with Crippen LogP contribution in [0.2, 0.25) is 0 Å². The van der Waals surface area contributed by atoms with E-state index in [0.29, 0.717) is 24.6 Å². The van der Waals surface area contributed by atoms with E-state index in [2.05, 4.69) is 48.6 Å². The Kier molecular flexibility index (Phi) is 4.69. The van der Waals surface area contributed by atoms with Crippen LogP contribution in [0, 0.1) is 6.92 Å². The number of carbonyl (C=O) groups excluding carboxylic acids is 1. The minimum atomic E-state index is -0.174. The van der Waals surface area contributed by atoms with Gasteiger partial charge in [0.25, 0.3) is 0 Å². The van der Waals surface area contributed by atoms with Crippen LogP contribution in [-0.4, -0.2) is 16.0 Å². The fourth-order valence-electron chi connectivity index (χ4n) is 4.86. The van der Waals surface area contributed by atoms with Crippen LogP contribution in [0.25, 0.3) is 0 Å². The minimum absolute atomic E-state index is 0.0638. The van der Waals surface area contributed by atoms with Gasteiger partial charge in [-0.25, -0.2) is 0 Å². The lowest BCUT2D eigenvalue weighted by molar-refractivity contribution is -0.116. The smallest absolute Gasteiger partial charge is 0.233 e. The third kappa shape index (κ3) is 3.34. The molecule has 3 aromatic rings. The summed E-state index contributed by atoms with van der Waals surface area (Å²) in [6.07, 6.45) is 1.16. The van der Waals surface area contributed by atoms with Crippen molar-refractivity contribution in [2.75, 3.05) is 5.32 Å². The molecule has 5 heteroatoms. The van der Waals surface area contributed by atoms with Crippen molar-refractivity contribution in [1.82, 2.24) is 5.16 Å². The summed E-state index contributed by atoms with van der Waals surface area (Å²) in [5, 5.41) is 17.2. The van der Waals surface area contributed by atoms with E-state index in [1.807, 2.05) is 19.1 Å². The third-order valence-corrected chi connectivity index (χ3v) is 6.56. The monoisotopic (exact) mass is 414 g/mol. The number of aromatic nitrogens is 1. The first-order valence-electron chi connectivity index (χ1n) is 10.8. The number of phenols is 1. The van der Waals surface area contributed by atoms with E-state index in [9.17, 15) is 9.90 Å². The highest BCUT2D eigenvalue weighted by Gasteiger charge is 2.41. The molecule has 0 spiro atoms. The van der Waals surface area contributed by atoms with Crippen molar-refractivity contribution in [3.8, 4) is 5.75 Å². The van der Waals surface area contributed by atoms with Gasteiger partial charge in [-0.3, -0.25) is 4.79 Å². The third-order valence-electron chi connectivity index (χ3n) is 6.56. The summed E-state index contributed by atoms with van der Waals surface area (Å²) in [7, 11) is 0. The summed E-state index contributed by atoms with van der Waals surface area (Å²) >= 11 is 0. The Morgan fingerprint density at radius 1 is 1.03 bits per heavy atom. The molecule has 1 aliphatic heterocycles. The normalized spacial score (nSPS) is 20.5. The second kappa shape index (κ2) is 7.41. The van der Waals surface area contributed by atoms with Crippen LogP contribution < -0.4 is 5.32 Å². The standard InChI is InChI=1S/C26H26N2O3/c1-14(2)16-4-6-18(7-5-16)24-23-15(3)28-31-26(23)27-21-12-19(13-22(30)25(21)24)17-8-10-20(29)11-9-17/h4-11,14,19,24,27,29H,12-13H2,1-3H3/t19-,24+/m0/s1. The van der Waals surface area contributed by atoms with Crippen molar-refractivity contribution in [2.45, 2.75) is 51.4 Å². The van der Waals surface area contributed by atoms with Crippen LogP contribution in [0.3, 0.4) is 0 Å². The van der Waals surface area contributed by atoms with Crippen molar-refractivity contribution in [1.29, 1.82) is 0 Å². The Bertz CT molecular complexity index is 1170. The summed E-state index contributed by atoms with van der Waals surface area (Å²) in [6.45, 7) is 6.28. The van der Waals surface area contributed by atoms with Crippen molar-refractivity contribution >= 4 is 11.7 Å². The second-order valence-corrected chi connectivity index (χ2v) is 8.90. The number of hydrogen-bond acceptors (Lipinski definition) is 5. The average Bonchev–Trinajstić information content (AvgIpc) is 3.13. The maximum absolute atomic E-state index is 13.5. The molecule has 31 heavy (non-hydrogen) atoms. The first-order valence-corrected chi connectivity index (χ1v) is 10.8. The summed E-state index contributed by atoms with van der Waals surface area (Å²) in [5.41, 5.74) is 6.91. The van der Waals surface area contributed by atoms with Gasteiger partial charge >= 0.3 is 0 Å². The van der Waals surface area contributed by atoms with E-state index >= 15 is 0 Å².